The molecular formula is C18H16Cl3NO4S. The molecule has 3 rings (SSSR count). The molecule has 0 bridgehead atoms. The third-order valence-corrected chi connectivity index (χ3v) is 6.16. The van der Waals surface area contributed by atoms with Gasteiger partial charge in [-0.3, -0.25) is 4.21 Å². The number of rotatable bonds is 5. The number of amides is 1. The zero-order valence-corrected chi connectivity index (χ0v) is 17.2. The fraction of sp³-hybridized carbons (Fsp3) is 0.278. The van der Waals surface area contributed by atoms with Gasteiger partial charge in [0.15, 0.2) is 11.7 Å². The largest absolute Gasteiger partial charge is 0.478 e. The third kappa shape index (κ3) is 5.08. The predicted molar refractivity (Wildman–Crippen MR) is 107 cm³/mol. The molecule has 1 amide bonds. The summed E-state index contributed by atoms with van der Waals surface area (Å²) >= 11 is 18.3. The lowest BCUT2D eigenvalue weighted by Crippen LogP contribution is -2.30. The monoisotopic (exact) mass is 447 g/mol. The van der Waals surface area contributed by atoms with Crippen molar-refractivity contribution >= 4 is 51.7 Å². The van der Waals surface area contributed by atoms with Crippen LogP contribution in [-0.2, 0) is 10.8 Å². The maximum Gasteiger partial charge on any atom is 0.415 e. The summed E-state index contributed by atoms with van der Waals surface area (Å²) in [6.07, 6.45) is 1.43. The van der Waals surface area contributed by atoms with Crippen molar-refractivity contribution in [3.05, 3.63) is 51.5 Å². The number of hydrogen-bond acceptors (Lipinski definition) is 4. The van der Waals surface area contributed by atoms with E-state index in [1.807, 2.05) is 0 Å². The van der Waals surface area contributed by atoms with Crippen molar-refractivity contribution < 1.29 is 18.5 Å². The van der Waals surface area contributed by atoms with Crippen LogP contribution in [0.1, 0.15) is 12.8 Å². The van der Waals surface area contributed by atoms with Gasteiger partial charge in [0.2, 0.25) is 0 Å². The Morgan fingerprint density at radius 1 is 1.00 bits per heavy atom. The van der Waals surface area contributed by atoms with Crippen LogP contribution in [0.4, 0.5) is 4.79 Å². The number of halogens is 3. The van der Waals surface area contributed by atoms with E-state index in [2.05, 4.69) is 0 Å². The summed E-state index contributed by atoms with van der Waals surface area (Å²) in [5, 5.41) is 0.797. The van der Waals surface area contributed by atoms with Crippen molar-refractivity contribution in [2.45, 2.75) is 17.7 Å². The molecule has 1 saturated heterocycles. The maximum absolute atomic E-state index is 12.4. The summed E-state index contributed by atoms with van der Waals surface area (Å²) in [5.74, 6) is 0.187. The number of hydrogen-bond donors (Lipinski definition) is 0. The molecular weight excluding hydrogens is 433 g/mol. The average molecular weight is 449 g/mol. The molecule has 144 valence electrons. The first-order chi connectivity index (χ1) is 13.0. The van der Waals surface area contributed by atoms with Gasteiger partial charge in [0.1, 0.15) is 5.75 Å². The van der Waals surface area contributed by atoms with Gasteiger partial charge < -0.3 is 14.4 Å². The van der Waals surface area contributed by atoms with Gasteiger partial charge in [-0.1, -0.05) is 46.9 Å². The second-order valence-corrected chi connectivity index (χ2v) is 8.40. The van der Waals surface area contributed by atoms with Crippen molar-refractivity contribution in [1.82, 2.24) is 4.90 Å². The van der Waals surface area contributed by atoms with Crippen LogP contribution in [0.15, 0.2) is 41.3 Å². The molecule has 1 fully saturated rings. The molecule has 1 unspecified atom stereocenters. The number of likely N-dealkylation sites (tertiary alicyclic amines) is 1. The van der Waals surface area contributed by atoms with Gasteiger partial charge in [0, 0.05) is 19.2 Å². The zero-order chi connectivity index (χ0) is 19.4. The molecule has 1 aliphatic rings. The minimum atomic E-state index is -1.49. The number of benzene rings is 2. The molecule has 1 atom stereocenters. The van der Waals surface area contributed by atoms with E-state index in [0.29, 0.717) is 23.0 Å². The summed E-state index contributed by atoms with van der Waals surface area (Å²) in [7, 11) is -1.49. The van der Waals surface area contributed by atoms with Gasteiger partial charge in [-0.2, -0.15) is 0 Å². The van der Waals surface area contributed by atoms with Gasteiger partial charge in [-0.15, -0.1) is 0 Å². The van der Waals surface area contributed by atoms with Crippen LogP contribution in [0.5, 0.6) is 11.5 Å². The maximum atomic E-state index is 12.4. The highest BCUT2D eigenvalue weighted by Crippen LogP contribution is 2.36. The second kappa shape index (κ2) is 9.15. The molecule has 1 aliphatic heterocycles. The first-order valence-corrected chi connectivity index (χ1v) is 10.6. The van der Waals surface area contributed by atoms with Crippen LogP contribution in [0, 0.1) is 0 Å². The molecule has 1 heterocycles. The van der Waals surface area contributed by atoms with Crippen LogP contribution in [0.3, 0.4) is 0 Å². The van der Waals surface area contributed by atoms with E-state index in [9.17, 15) is 9.00 Å². The lowest BCUT2D eigenvalue weighted by atomic mass is 10.3. The summed E-state index contributed by atoms with van der Waals surface area (Å²) in [6.45, 7) is 1.31. The fourth-order valence-corrected chi connectivity index (χ4v) is 4.31. The Kier molecular flexibility index (Phi) is 6.87. The Bertz CT molecular complexity index is 872. The Morgan fingerprint density at radius 2 is 1.67 bits per heavy atom. The zero-order valence-electron chi connectivity index (χ0n) is 14.1. The SMILES string of the molecule is O=C(Oc1cc(OCS(=O)c2ccccc2Cl)c(Cl)cc1Cl)N1CCCC1. The van der Waals surface area contributed by atoms with Crippen molar-refractivity contribution in [1.29, 1.82) is 0 Å². The molecule has 9 heteroatoms. The molecule has 0 N–H and O–H groups in total. The number of nitrogens with zero attached hydrogens (tertiary/aromatic N) is 1. The van der Waals surface area contributed by atoms with Crippen molar-refractivity contribution in [3.63, 3.8) is 0 Å². The van der Waals surface area contributed by atoms with Gasteiger partial charge >= 0.3 is 6.09 Å². The summed E-state index contributed by atoms with van der Waals surface area (Å²) in [5.41, 5.74) is 0. The molecule has 0 radical (unpaired) electrons. The lowest BCUT2D eigenvalue weighted by Gasteiger charge is -2.16. The Labute approximate surface area is 174 Å². The van der Waals surface area contributed by atoms with Gasteiger partial charge in [0.05, 0.1) is 30.8 Å². The highest BCUT2D eigenvalue weighted by atomic mass is 35.5. The van der Waals surface area contributed by atoms with Crippen molar-refractivity contribution in [2.24, 2.45) is 0 Å². The quantitative estimate of drug-likeness (QED) is 0.616. The first kappa shape index (κ1) is 20.3. The summed E-state index contributed by atoms with van der Waals surface area (Å²) < 4.78 is 23.3. The molecule has 0 aliphatic carbocycles. The van der Waals surface area contributed by atoms with Crippen LogP contribution >= 0.6 is 34.8 Å². The molecule has 2 aromatic rings. The second-order valence-electron chi connectivity index (χ2n) is 5.81. The lowest BCUT2D eigenvalue weighted by molar-refractivity contribution is 0.162. The molecule has 5 nitrogen and oxygen atoms in total. The number of ether oxygens (including phenoxy) is 2. The fourth-order valence-electron chi connectivity index (χ4n) is 2.57. The topological polar surface area (TPSA) is 55.8 Å². The van der Waals surface area contributed by atoms with Crippen LogP contribution in [-0.4, -0.2) is 34.2 Å². The van der Waals surface area contributed by atoms with Gasteiger partial charge in [-0.25, -0.2) is 4.79 Å². The normalized spacial score (nSPS) is 14.9. The van der Waals surface area contributed by atoms with Gasteiger partial charge in [-0.05, 0) is 31.0 Å². The molecule has 27 heavy (non-hydrogen) atoms. The van der Waals surface area contributed by atoms with E-state index in [1.54, 1.807) is 29.2 Å². The predicted octanol–water partition coefficient (Wildman–Crippen LogP) is 5.39. The van der Waals surface area contributed by atoms with E-state index in [1.165, 1.54) is 12.1 Å². The number of carbonyl (C=O) groups is 1. The first-order valence-electron chi connectivity index (χ1n) is 8.17. The third-order valence-electron chi connectivity index (χ3n) is 3.95. The molecule has 0 aromatic heterocycles. The highest BCUT2D eigenvalue weighted by molar-refractivity contribution is 7.85. The van der Waals surface area contributed by atoms with Crippen molar-refractivity contribution in [3.8, 4) is 11.5 Å². The van der Waals surface area contributed by atoms with Crippen LogP contribution < -0.4 is 9.47 Å². The standard InChI is InChI=1S/C18H16Cl3NO4S/c19-12-5-1-2-6-17(12)27(24)11-25-15-10-16(14(21)9-13(15)20)26-18(23)22-7-3-4-8-22/h1-2,5-6,9-10H,3-4,7-8,11H2. The molecule has 0 saturated carbocycles. The van der Waals surface area contributed by atoms with E-state index >= 15 is 0 Å². The van der Waals surface area contributed by atoms with Crippen molar-refractivity contribution in [2.75, 3.05) is 19.0 Å². The smallest absolute Gasteiger partial charge is 0.415 e. The van der Waals surface area contributed by atoms with E-state index < -0.39 is 16.9 Å². The molecule has 0 spiro atoms. The Hall–Kier alpha value is -1.47. The minimum Gasteiger partial charge on any atom is -0.478 e. The highest BCUT2D eigenvalue weighted by Gasteiger charge is 2.22. The average Bonchev–Trinajstić information content (AvgIpc) is 3.18. The van der Waals surface area contributed by atoms with E-state index in [0.717, 1.165) is 12.8 Å². The Balaban J connectivity index is 1.71. The Morgan fingerprint density at radius 3 is 2.37 bits per heavy atom. The van der Waals surface area contributed by atoms with Crippen LogP contribution in [0.25, 0.3) is 0 Å². The van der Waals surface area contributed by atoms with Gasteiger partial charge in [0.25, 0.3) is 0 Å². The van der Waals surface area contributed by atoms with E-state index in [-0.39, 0.29) is 27.5 Å². The number of carbonyl (C=O) groups excluding carboxylic acids is 1. The minimum absolute atomic E-state index is 0.136. The summed E-state index contributed by atoms with van der Waals surface area (Å²) in [4.78, 5) is 14.2. The summed E-state index contributed by atoms with van der Waals surface area (Å²) in [6, 6.07) is 9.64. The molecule has 2 aromatic carbocycles. The van der Waals surface area contributed by atoms with Crippen LogP contribution in [0.2, 0.25) is 15.1 Å². The van der Waals surface area contributed by atoms with E-state index in [4.69, 9.17) is 44.3 Å².